The van der Waals surface area contributed by atoms with Crippen LogP contribution in [0.4, 0.5) is 13.6 Å². The van der Waals surface area contributed by atoms with Gasteiger partial charge in [-0.2, -0.15) is 11.8 Å². The topological polar surface area (TPSA) is 50.8 Å². The van der Waals surface area contributed by atoms with Crippen molar-refractivity contribution in [2.45, 2.75) is 24.0 Å². The Morgan fingerprint density at radius 1 is 1.43 bits per heavy atom. The molecule has 8 heteroatoms. The molecule has 0 aromatic rings. The van der Waals surface area contributed by atoms with Gasteiger partial charge in [0.2, 0.25) is 0 Å². The van der Waals surface area contributed by atoms with Crippen molar-refractivity contribution >= 4 is 17.8 Å². The summed E-state index contributed by atoms with van der Waals surface area (Å²) in [6, 6.07) is -0.137. The number of nitrogens with one attached hydrogen (secondary N) is 1. The molecule has 2 aliphatic heterocycles. The number of urea groups is 1. The first-order valence-electron chi connectivity index (χ1n) is 7.22. The van der Waals surface area contributed by atoms with Gasteiger partial charge in [0.05, 0.1) is 6.61 Å². The SMILES string of the molecule is O=C(NCCOCC(F)F)N1CCSC2(CCOCC2)C1. The molecule has 0 aromatic carbocycles. The zero-order valence-corrected chi connectivity index (χ0v) is 12.8. The lowest BCUT2D eigenvalue weighted by Gasteiger charge is -2.44. The zero-order valence-electron chi connectivity index (χ0n) is 12.0. The lowest BCUT2D eigenvalue weighted by atomic mass is 9.98. The molecule has 122 valence electrons. The highest BCUT2D eigenvalue weighted by atomic mass is 32.2. The van der Waals surface area contributed by atoms with E-state index in [9.17, 15) is 13.6 Å². The molecule has 0 radical (unpaired) electrons. The Labute approximate surface area is 127 Å². The molecule has 0 aliphatic carbocycles. The van der Waals surface area contributed by atoms with Gasteiger partial charge in [-0.15, -0.1) is 0 Å². The van der Waals surface area contributed by atoms with Crippen molar-refractivity contribution in [3.8, 4) is 0 Å². The van der Waals surface area contributed by atoms with Gasteiger partial charge in [0, 0.05) is 43.3 Å². The summed E-state index contributed by atoms with van der Waals surface area (Å²) in [4.78, 5) is 13.9. The molecule has 2 amide bonds. The van der Waals surface area contributed by atoms with Gasteiger partial charge in [0.25, 0.3) is 6.43 Å². The number of amides is 2. The maximum absolute atomic E-state index is 12.1. The minimum Gasteiger partial charge on any atom is -0.381 e. The standard InChI is InChI=1S/C13H22F2N2O3S/c14-11(15)9-20-7-3-16-12(18)17-4-8-21-13(10-17)1-5-19-6-2-13/h11H,1-10H2,(H,16,18). The maximum atomic E-state index is 12.1. The number of carbonyl (C=O) groups is 1. The molecular formula is C13H22F2N2O3S. The molecule has 0 atom stereocenters. The van der Waals surface area contributed by atoms with Crippen molar-refractivity contribution in [2.24, 2.45) is 0 Å². The summed E-state index contributed by atoms with van der Waals surface area (Å²) in [6.45, 7) is 2.73. The summed E-state index contributed by atoms with van der Waals surface area (Å²) in [6.07, 6.45) is -0.522. The van der Waals surface area contributed by atoms with Gasteiger partial charge >= 0.3 is 6.03 Å². The van der Waals surface area contributed by atoms with Crippen LogP contribution in [0.5, 0.6) is 0 Å². The molecule has 0 bridgehead atoms. The first kappa shape index (κ1) is 16.8. The Bertz CT molecular complexity index is 336. The highest BCUT2D eigenvalue weighted by Gasteiger charge is 2.39. The van der Waals surface area contributed by atoms with E-state index in [1.54, 1.807) is 0 Å². The molecule has 0 aromatic heterocycles. The van der Waals surface area contributed by atoms with Crippen LogP contribution in [0.25, 0.3) is 0 Å². The third kappa shape index (κ3) is 5.27. The van der Waals surface area contributed by atoms with Gasteiger partial charge in [-0.3, -0.25) is 0 Å². The molecule has 2 saturated heterocycles. The maximum Gasteiger partial charge on any atom is 0.317 e. The molecule has 5 nitrogen and oxygen atoms in total. The smallest absolute Gasteiger partial charge is 0.317 e. The third-order valence-electron chi connectivity index (χ3n) is 3.71. The van der Waals surface area contributed by atoms with Gasteiger partial charge < -0.3 is 19.7 Å². The van der Waals surface area contributed by atoms with E-state index in [0.717, 1.165) is 44.9 Å². The molecule has 0 unspecified atom stereocenters. The number of nitrogens with zero attached hydrogens (tertiary/aromatic N) is 1. The van der Waals surface area contributed by atoms with E-state index in [-0.39, 0.29) is 23.9 Å². The summed E-state index contributed by atoms with van der Waals surface area (Å²) >= 11 is 1.93. The Morgan fingerprint density at radius 3 is 2.90 bits per heavy atom. The fraction of sp³-hybridized carbons (Fsp3) is 0.923. The van der Waals surface area contributed by atoms with Crippen LogP contribution in [0, 0.1) is 0 Å². The Morgan fingerprint density at radius 2 is 2.19 bits per heavy atom. The van der Waals surface area contributed by atoms with Gasteiger partial charge in [-0.05, 0) is 12.8 Å². The number of thioether (sulfide) groups is 1. The molecule has 2 rings (SSSR count). The van der Waals surface area contributed by atoms with Gasteiger partial charge in [0.15, 0.2) is 0 Å². The highest BCUT2D eigenvalue weighted by Crippen LogP contribution is 2.38. The van der Waals surface area contributed by atoms with Crippen LogP contribution in [0.2, 0.25) is 0 Å². The van der Waals surface area contributed by atoms with Crippen LogP contribution < -0.4 is 5.32 Å². The summed E-state index contributed by atoms with van der Waals surface area (Å²) in [5.41, 5.74) is 0. The molecule has 0 saturated carbocycles. The normalized spacial score (nSPS) is 21.8. The van der Waals surface area contributed by atoms with Crippen LogP contribution in [0.15, 0.2) is 0 Å². The minimum absolute atomic E-state index is 0.109. The second-order valence-corrected chi connectivity index (χ2v) is 6.83. The first-order chi connectivity index (χ1) is 10.1. The first-order valence-corrected chi connectivity index (χ1v) is 8.20. The van der Waals surface area contributed by atoms with Crippen LogP contribution in [0.1, 0.15) is 12.8 Å². The summed E-state index contributed by atoms with van der Waals surface area (Å²) in [5.74, 6) is 0.926. The molecular weight excluding hydrogens is 302 g/mol. The van der Waals surface area contributed by atoms with E-state index in [4.69, 9.17) is 9.47 Å². The van der Waals surface area contributed by atoms with E-state index >= 15 is 0 Å². The summed E-state index contributed by atoms with van der Waals surface area (Å²) < 4.78 is 34.0. The average Bonchev–Trinajstić information content (AvgIpc) is 2.47. The largest absolute Gasteiger partial charge is 0.381 e. The van der Waals surface area contributed by atoms with Crippen molar-refractivity contribution < 1.29 is 23.0 Å². The van der Waals surface area contributed by atoms with E-state index in [2.05, 4.69) is 5.32 Å². The quantitative estimate of drug-likeness (QED) is 0.780. The number of hydrogen-bond acceptors (Lipinski definition) is 4. The predicted octanol–water partition coefficient (Wildman–Crippen LogP) is 1.58. The second kappa shape index (κ2) is 8.14. The number of alkyl halides is 2. The molecule has 1 N–H and O–H groups in total. The minimum atomic E-state index is -2.46. The highest BCUT2D eigenvalue weighted by molar-refractivity contribution is 8.00. The van der Waals surface area contributed by atoms with E-state index in [1.165, 1.54) is 0 Å². The molecule has 2 heterocycles. The van der Waals surface area contributed by atoms with Crippen LogP contribution in [0.3, 0.4) is 0 Å². The number of rotatable bonds is 5. The number of carbonyl (C=O) groups excluding carboxylic acids is 1. The predicted molar refractivity (Wildman–Crippen MR) is 77.0 cm³/mol. The second-order valence-electron chi connectivity index (χ2n) is 5.26. The van der Waals surface area contributed by atoms with Crippen molar-refractivity contribution in [3.05, 3.63) is 0 Å². The van der Waals surface area contributed by atoms with Crippen molar-refractivity contribution in [1.29, 1.82) is 0 Å². The van der Waals surface area contributed by atoms with E-state index in [1.807, 2.05) is 16.7 Å². The van der Waals surface area contributed by atoms with Crippen molar-refractivity contribution in [3.63, 3.8) is 0 Å². The Balaban J connectivity index is 1.69. The Hall–Kier alpha value is -0.600. The molecule has 2 fully saturated rings. The number of hydrogen-bond donors (Lipinski definition) is 1. The van der Waals surface area contributed by atoms with Crippen molar-refractivity contribution in [2.75, 3.05) is 51.8 Å². The van der Waals surface area contributed by atoms with Crippen molar-refractivity contribution in [1.82, 2.24) is 10.2 Å². The monoisotopic (exact) mass is 324 g/mol. The lowest BCUT2D eigenvalue weighted by molar-refractivity contribution is 0.0190. The molecule has 1 spiro atoms. The van der Waals surface area contributed by atoms with Gasteiger partial charge in [-0.1, -0.05) is 0 Å². The Kier molecular flexibility index (Phi) is 6.50. The molecule has 2 aliphatic rings. The number of halogens is 2. The van der Waals surface area contributed by atoms with Crippen LogP contribution >= 0.6 is 11.8 Å². The van der Waals surface area contributed by atoms with Gasteiger partial charge in [-0.25, -0.2) is 13.6 Å². The average molecular weight is 324 g/mol. The van der Waals surface area contributed by atoms with E-state index < -0.39 is 13.0 Å². The van der Waals surface area contributed by atoms with E-state index in [0.29, 0.717) is 0 Å². The summed E-state index contributed by atoms with van der Waals surface area (Å²) in [5, 5.41) is 2.72. The third-order valence-corrected chi connectivity index (χ3v) is 5.24. The molecule has 21 heavy (non-hydrogen) atoms. The zero-order chi connectivity index (χ0) is 15.1. The van der Waals surface area contributed by atoms with Crippen LogP contribution in [-0.2, 0) is 9.47 Å². The fourth-order valence-corrected chi connectivity index (χ4v) is 4.03. The van der Waals surface area contributed by atoms with Gasteiger partial charge in [0.1, 0.15) is 6.61 Å². The fourth-order valence-electron chi connectivity index (χ4n) is 2.58. The number of ether oxygens (including phenoxy) is 2. The summed E-state index contributed by atoms with van der Waals surface area (Å²) in [7, 11) is 0. The lowest BCUT2D eigenvalue weighted by Crippen LogP contribution is -2.54. The van der Waals surface area contributed by atoms with Crippen LogP contribution in [-0.4, -0.2) is 73.9 Å².